The summed E-state index contributed by atoms with van der Waals surface area (Å²) in [4.78, 5) is 10.2. The molecular weight excluding hydrogens is 246 g/mol. The van der Waals surface area contributed by atoms with Crippen molar-refractivity contribution in [3.05, 3.63) is 21.7 Å². The molecule has 1 aromatic rings. The average molecular weight is 267 g/mol. The second-order valence-electron chi connectivity index (χ2n) is 4.64. The van der Waals surface area contributed by atoms with Gasteiger partial charge in [0.1, 0.15) is 16.6 Å². The van der Waals surface area contributed by atoms with Crippen LogP contribution < -0.4 is 0 Å². The Hall–Kier alpha value is -0.780. The molecular formula is C13H21N3OS. The average Bonchev–Trinajstić information content (AvgIpc) is 2.38. The summed E-state index contributed by atoms with van der Waals surface area (Å²) in [5.41, 5.74) is 2.25. The van der Waals surface area contributed by atoms with Crippen LogP contribution in [-0.4, -0.2) is 41.1 Å². The van der Waals surface area contributed by atoms with Crippen LogP contribution in [0, 0.1) is 11.6 Å². The van der Waals surface area contributed by atoms with E-state index in [0.29, 0.717) is 4.64 Å². The molecule has 1 saturated heterocycles. The number of hydrogen-bond donors (Lipinski definition) is 1. The standard InChI is InChI=1S/C13H21N3OS/c1-4-10-9(3)14-12(15-13(10)18)11-8-16(5-2)6-7-17-11/h11H,4-8H2,1-3H3,(H,14,15,18). The number of nitrogens with one attached hydrogen (secondary N) is 1. The molecule has 1 fully saturated rings. The number of morpholine rings is 1. The highest BCUT2D eigenvalue weighted by molar-refractivity contribution is 7.71. The lowest BCUT2D eigenvalue weighted by atomic mass is 10.2. The summed E-state index contributed by atoms with van der Waals surface area (Å²) in [6.07, 6.45) is 0.936. The van der Waals surface area contributed by atoms with E-state index in [9.17, 15) is 0 Å². The van der Waals surface area contributed by atoms with E-state index < -0.39 is 0 Å². The van der Waals surface area contributed by atoms with Gasteiger partial charge in [-0.25, -0.2) is 4.98 Å². The maximum atomic E-state index is 5.80. The molecule has 0 radical (unpaired) electrons. The van der Waals surface area contributed by atoms with Gasteiger partial charge >= 0.3 is 0 Å². The predicted octanol–water partition coefficient (Wildman–Crippen LogP) is 2.40. The van der Waals surface area contributed by atoms with E-state index in [0.717, 1.165) is 49.7 Å². The highest BCUT2D eigenvalue weighted by atomic mass is 32.1. The Balaban J connectivity index is 2.26. The van der Waals surface area contributed by atoms with Crippen LogP contribution in [0.25, 0.3) is 0 Å². The van der Waals surface area contributed by atoms with Crippen molar-refractivity contribution in [1.82, 2.24) is 14.9 Å². The van der Waals surface area contributed by atoms with E-state index in [-0.39, 0.29) is 6.10 Å². The Morgan fingerprint density at radius 3 is 2.89 bits per heavy atom. The molecule has 2 rings (SSSR count). The molecule has 4 nitrogen and oxygen atoms in total. The van der Waals surface area contributed by atoms with E-state index in [1.165, 1.54) is 0 Å². The van der Waals surface area contributed by atoms with Gasteiger partial charge in [-0.05, 0) is 19.9 Å². The first-order valence-corrected chi connectivity index (χ1v) is 7.00. The third-order valence-corrected chi connectivity index (χ3v) is 3.84. The van der Waals surface area contributed by atoms with E-state index in [4.69, 9.17) is 17.0 Å². The van der Waals surface area contributed by atoms with Crippen LogP contribution in [0.1, 0.15) is 37.0 Å². The van der Waals surface area contributed by atoms with Crippen molar-refractivity contribution in [3.63, 3.8) is 0 Å². The fraction of sp³-hybridized carbons (Fsp3) is 0.692. The second-order valence-corrected chi connectivity index (χ2v) is 5.02. The Bertz CT molecular complexity index is 472. The summed E-state index contributed by atoms with van der Waals surface area (Å²) in [5, 5.41) is 0. The molecule has 18 heavy (non-hydrogen) atoms. The number of nitrogens with zero attached hydrogens (tertiary/aromatic N) is 2. The molecule has 0 amide bonds. The van der Waals surface area contributed by atoms with Gasteiger partial charge in [0, 0.05) is 24.3 Å². The van der Waals surface area contributed by atoms with E-state index in [1.54, 1.807) is 0 Å². The highest BCUT2D eigenvalue weighted by Crippen LogP contribution is 2.20. The molecule has 0 spiro atoms. The third kappa shape index (κ3) is 2.79. The first kappa shape index (κ1) is 13.6. The molecule has 1 N–H and O–H groups in total. The van der Waals surface area contributed by atoms with Crippen molar-refractivity contribution >= 4 is 12.2 Å². The molecule has 0 aliphatic carbocycles. The quantitative estimate of drug-likeness (QED) is 0.854. The summed E-state index contributed by atoms with van der Waals surface area (Å²) in [6, 6.07) is 0. The zero-order valence-electron chi connectivity index (χ0n) is 11.3. The number of aromatic nitrogens is 2. The fourth-order valence-corrected chi connectivity index (χ4v) is 2.75. The van der Waals surface area contributed by atoms with E-state index in [1.807, 2.05) is 0 Å². The van der Waals surface area contributed by atoms with Crippen molar-refractivity contribution in [3.8, 4) is 0 Å². The molecule has 5 heteroatoms. The van der Waals surface area contributed by atoms with Gasteiger partial charge in [0.15, 0.2) is 0 Å². The Morgan fingerprint density at radius 2 is 2.28 bits per heavy atom. The molecule has 1 aromatic heterocycles. The summed E-state index contributed by atoms with van der Waals surface area (Å²) < 4.78 is 6.51. The molecule has 100 valence electrons. The minimum atomic E-state index is 0.0185. The van der Waals surface area contributed by atoms with Gasteiger partial charge in [0.2, 0.25) is 0 Å². The summed E-state index contributed by atoms with van der Waals surface area (Å²) >= 11 is 5.35. The number of hydrogen-bond acceptors (Lipinski definition) is 4. The van der Waals surface area contributed by atoms with Crippen molar-refractivity contribution in [1.29, 1.82) is 0 Å². The lowest BCUT2D eigenvalue weighted by Crippen LogP contribution is -2.38. The molecule has 0 saturated carbocycles. The summed E-state index contributed by atoms with van der Waals surface area (Å²) in [6.45, 7) is 10.0. The van der Waals surface area contributed by atoms with Gasteiger partial charge < -0.3 is 9.72 Å². The zero-order valence-corrected chi connectivity index (χ0v) is 12.1. The van der Waals surface area contributed by atoms with Gasteiger partial charge in [-0.3, -0.25) is 4.90 Å². The minimum Gasteiger partial charge on any atom is -0.368 e. The van der Waals surface area contributed by atoms with Crippen LogP contribution in [0.2, 0.25) is 0 Å². The molecule has 2 heterocycles. The largest absolute Gasteiger partial charge is 0.368 e. The number of rotatable bonds is 3. The second kappa shape index (κ2) is 5.91. The lowest BCUT2D eigenvalue weighted by molar-refractivity contribution is -0.0327. The smallest absolute Gasteiger partial charge is 0.138 e. The molecule has 1 aliphatic heterocycles. The van der Waals surface area contributed by atoms with Crippen molar-refractivity contribution in [2.75, 3.05) is 26.2 Å². The van der Waals surface area contributed by atoms with Crippen LogP contribution in [-0.2, 0) is 11.2 Å². The van der Waals surface area contributed by atoms with Crippen molar-refractivity contribution in [2.45, 2.75) is 33.3 Å². The number of ether oxygens (including phenoxy) is 1. The van der Waals surface area contributed by atoms with Gasteiger partial charge in [0.05, 0.1) is 6.61 Å². The normalized spacial score (nSPS) is 21.2. The summed E-state index contributed by atoms with van der Waals surface area (Å²) in [7, 11) is 0. The molecule has 0 aromatic carbocycles. The Morgan fingerprint density at radius 1 is 1.50 bits per heavy atom. The Kier molecular flexibility index (Phi) is 4.48. The maximum absolute atomic E-state index is 5.80. The SMILES string of the molecule is CCc1c(C)[nH]c(C2CN(CC)CCO2)nc1=S. The summed E-state index contributed by atoms with van der Waals surface area (Å²) in [5.74, 6) is 0.868. The zero-order chi connectivity index (χ0) is 13.1. The van der Waals surface area contributed by atoms with Crippen molar-refractivity contribution in [2.24, 2.45) is 0 Å². The first-order chi connectivity index (χ1) is 8.65. The monoisotopic (exact) mass is 267 g/mol. The molecule has 1 atom stereocenters. The molecule has 0 bridgehead atoms. The maximum Gasteiger partial charge on any atom is 0.138 e. The van der Waals surface area contributed by atoms with Crippen molar-refractivity contribution < 1.29 is 4.74 Å². The minimum absolute atomic E-state index is 0.0185. The lowest BCUT2D eigenvalue weighted by Gasteiger charge is -2.31. The number of likely N-dealkylation sites (N-methyl/N-ethyl adjacent to an activating group) is 1. The van der Waals surface area contributed by atoms with Gasteiger partial charge in [-0.2, -0.15) is 0 Å². The number of H-pyrrole nitrogens is 1. The first-order valence-electron chi connectivity index (χ1n) is 6.59. The van der Waals surface area contributed by atoms with Crippen LogP contribution in [0.5, 0.6) is 0 Å². The third-order valence-electron chi connectivity index (χ3n) is 3.50. The molecule has 1 unspecified atom stereocenters. The number of aryl methyl sites for hydroxylation is 1. The highest BCUT2D eigenvalue weighted by Gasteiger charge is 2.23. The Labute approximate surface area is 113 Å². The van der Waals surface area contributed by atoms with Crippen LogP contribution in [0.4, 0.5) is 0 Å². The fourth-order valence-electron chi connectivity index (χ4n) is 2.36. The van der Waals surface area contributed by atoms with Gasteiger partial charge in [-0.1, -0.05) is 26.1 Å². The van der Waals surface area contributed by atoms with E-state index in [2.05, 4.69) is 35.6 Å². The van der Waals surface area contributed by atoms with Crippen LogP contribution in [0.15, 0.2) is 0 Å². The number of aromatic amines is 1. The van der Waals surface area contributed by atoms with Gasteiger partial charge in [0.25, 0.3) is 0 Å². The van der Waals surface area contributed by atoms with Crippen LogP contribution >= 0.6 is 12.2 Å². The van der Waals surface area contributed by atoms with Gasteiger partial charge in [-0.15, -0.1) is 0 Å². The topological polar surface area (TPSA) is 41.2 Å². The van der Waals surface area contributed by atoms with Crippen LogP contribution in [0.3, 0.4) is 0 Å². The molecule has 1 aliphatic rings. The predicted molar refractivity (Wildman–Crippen MR) is 74.3 cm³/mol. The van der Waals surface area contributed by atoms with E-state index >= 15 is 0 Å².